The van der Waals surface area contributed by atoms with Crippen LogP contribution in [0.3, 0.4) is 0 Å². The van der Waals surface area contributed by atoms with E-state index in [4.69, 9.17) is 19.7 Å². The number of aromatic nitrogens is 3. The zero-order valence-electron chi connectivity index (χ0n) is 29.2. The molecule has 1 aliphatic rings. The van der Waals surface area contributed by atoms with Gasteiger partial charge in [0.05, 0.1) is 5.40 Å². The first-order valence-electron chi connectivity index (χ1n) is 17.9. The standard InChI is InChI=1S/C46H31B2N3OS/c47-46(48)38-20-10-17-33(41(38)36-16-4-6-21-39(36)52-46)29-23-25-30(26-24-29)43-49-44(32-14-8-13-31(27-32)28-11-2-1-3-12-28)51-45(50-43)37-19-9-18-35-34-15-5-7-22-40(34)53-42(35)37/h1-27H,47-48H2. The molecule has 0 fully saturated rings. The van der Waals surface area contributed by atoms with Gasteiger partial charge in [0.25, 0.3) is 0 Å². The number of hydrogen-bond donors (Lipinski definition) is 0. The first kappa shape index (κ1) is 31.4. The van der Waals surface area contributed by atoms with Crippen LogP contribution in [0, 0.1) is 0 Å². The van der Waals surface area contributed by atoms with Crippen LogP contribution in [0.2, 0.25) is 0 Å². The summed E-state index contributed by atoms with van der Waals surface area (Å²) in [6.45, 7) is 0. The zero-order chi connectivity index (χ0) is 35.5. The second-order valence-electron chi connectivity index (χ2n) is 13.9. The Hall–Kier alpha value is -6.30. The number of nitrogens with zero attached hydrogens (tertiary/aromatic N) is 3. The van der Waals surface area contributed by atoms with E-state index in [9.17, 15) is 0 Å². The Morgan fingerprint density at radius 1 is 0.453 bits per heavy atom. The van der Waals surface area contributed by atoms with E-state index in [0.29, 0.717) is 17.5 Å². The van der Waals surface area contributed by atoms with Crippen molar-refractivity contribution in [2.75, 3.05) is 0 Å². The van der Waals surface area contributed by atoms with Crippen LogP contribution in [0.1, 0.15) is 5.56 Å². The fourth-order valence-corrected chi connectivity index (χ4v) is 8.83. The highest BCUT2D eigenvalue weighted by molar-refractivity contribution is 7.26. The molecule has 7 heteroatoms. The molecular weight excluding hydrogens is 664 g/mol. The minimum atomic E-state index is -0.452. The van der Waals surface area contributed by atoms with E-state index < -0.39 is 5.40 Å². The molecule has 53 heavy (non-hydrogen) atoms. The number of thiophene rings is 1. The van der Waals surface area contributed by atoms with E-state index >= 15 is 0 Å². The smallest absolute Gasteiger partial charge is 0.165 e. The second-order valence-corrected chi connectivity index (χ2v) is 15.0. The van der Waals surface area contributed by atoms with Gasteiger partial charge >= 0.3 is 0 Å². The van der Waals surface area contributed by atoms with Crippen LogP contribution in [0.5, 0.6) is 5.75 Å². The molecule has 3 heterocycles. The molecule has 2 aromatic heterocycles. The van der Waals surface area contributed by atoms with Crippen molar-refractivity contribution in [2.24, 2.45) is 0 Å². The summed E-state index contributed by atoms with van der Waals surface area (Å²) in [7, 11) is 4.28. The molecule has 0 unspecified atom stereocenters. The molecule has 0 aliphatic carbocycles. The van der Waals surface area contributed by atoms with Crippen molar-refractivity contribution in [2.45, 2.75) is 5.40 Å². The van der Waals surface area contributed by atoms with E-state index in [2.05, 4.69) is 167 Å². The molecule has 4 nitrogen and oxygen atoms in total. The number of ether oxygens (including phenoxy) is 1. The van der Waals surface area contributed by atoms with Crippen LogP contribution < -0.4 is 4.74 Å². The van der Waals surface area contributed by atoms with E-state index in [-0.39, 0.29) is 0 Å². The number of hydrogen-bond acceptors (Lipinski definition) is 5. The van der Waals surface area contributed by atoms with Gasteiger partial charge in [-0.25, -0.2) is 15.0 Å². The molecule has 0 atom stereocenters. The third-order valence-electron chi connectivity index (χ3n) is 10.2. The molecule has 1 aliphatic heterocycles. The summed E-state index contributed by atoms with van der Waals surface area (Å²) in [6, 6.07) is 57.4. The van der Waals surface area contributed by atoms with Crippen LogP contribution >= 0.6 is 11.3 Å². The molecule has 0 N–H and O–H groups in total. The third kappa shape index (κ3) is 5.44. The number of benzene rings is 7. The molecule has 0 radical (unpaired) electrons. The molecule has 248 valence electrons. The Bertz CT molecular complexity index is 2850. The lowest BCUT2D eigenvalue weighted by Crippen LogP contribution is -2.37. The largest absolute Gasteiger partial charge is 0.500 e. The predicted octanol–water partition coefficient (Wildman–Crippen LogP) is 10.0. The van der Waals surface area contributed by atoms with Gasteiger partial charge in [0.15, 0.2) is 33.2 Å². The van der Waals surface area contributed by atoms with E-state index in [1.165, 1.54) is 36.9 Å². The first-order chi connectivity index (χ1) is 26.0. The summed E-state index contributed by atoms with van der Waals surface area (Å²) in [4.78, 5) is 15.5. The van der Waals surface area contributed by atoms with Gasteiger partial charge in [-0.3, -0.25) is 0 Å². The van der Waals surface area contributed by atoms with Gasteiger partial charge < -0.3 is 4.74 Å². The SMILES string of the molecule is BC1(B)Oc2ccccc2-c2c(-c3ccc(-c4nc(-c5cccc(-c6ccccc6)c5)nc(-c5cccc6c5sc5ccccc56)n4)cc3)cccc21. The molecule has 7 aromatic carbocycles. The fraction of sp³-hybridized carbons (Fsp3) is 0.0217. The second kappa shape index (κ2) is 12.4. The van der Waals surface area contributed by atoms with E-state index in [1.54, 1.807) is 11.3 Å². The van der Waals surface area contributed by atoms with Crippen LogP contribution in [0.25, 0.3) is 87.7 Å². The quantitative estimate of drug-likeness (QED) is 0.168. The fourth-order valence-electron chi connectivity index (χ4n) is 7.62. The van der Waals surface area contributed by atoms with E-state index in [0.717, 1.165) is 44.7 Å². The van der Waals surface area contributed by atoms with Gasteiger partial charge in [-0.15, -0.1) is 11.3 Å². The monoisotopic (exact) mass is 695 g/mol. The molecule has 0 saturated heterocycles. The Labute approximate surface area is 313 Å². The van der Waals surface area contributed by atoms with Crippen molar-refractivity contribution in [3.05, 3.63) is 169 Å². The maximum atomic E-state index is 6.46. The van der Waals surface area contributed by atoms with Crippen LogP contribution in [-0.4, -0.2) is 30.6 Å². The molecule has 0 spiro atoms. The summed E-state index contributed by atoms with van der Waals surface area (Å²) in [5.74, 6) is 2.84. The molecule has 10 rings (SSSR count). The van der Waals surface area contributed by atoms with Gasteiger partial charge in [-0.1, -0.05) is 140 Å². The number of para-hydroxylation sites is 1. The number of rotatable bonds is 5. The maximum absolute atomic E-state index is 6.46. The van der Waals surface area contributed by atoms with Gasteiger partial charge in [-0.05, 0) is 57.6 Å². The Balaban J connectivity index is 1.13. The van der Waals surface area contributed by atoms with Crippen molar-refractivity contribution in [3.8, 4) is 73.3 Å². The van der Waals surface area contributed by atoms with Crippen molar-refractivity contribution in [1.82, 2.24) is 15.0 Å². The summed E-state index contributed by atoms with van der Waals surface area (Å²) in [6.07, 6.45) is 0. The third-order valence-corrected chi connectivity index (χ3v) is 11.4. The normalized spacial score (nSPS) is 13.0. The highest BCUT2D eigenvalue weighted by Crippen LogP contribution is 2.47. The lowest BCUT2D eigenvalue weighted by atomic mass is 9.58. The highest BCUT2D eigenvalue weighted by Gasteiger charge is 2.33. The molecule has 0 saturated carbocycles. The van der Waals surface area contributed by atoms with Crippen molar-refractivity contribution in [3.63, 3.8) is 0 Å². The topological polar surface area (TPSA) is 47.9 Å². The Kier molecular flexibility index (Phi) is 7.37. The Morgan fingerprint density at radius 2 is 1.06 bits per heavy atom. The average Bonchev–Trinajstić information content (AvgIpc) is 3.60. The lowest BCUT2D eigenvalue weighted by Gasteiger charge is -2.36. The van der Waals surface area contributed by atoms with Crippen LogP contribution in [-0.2, 0) is 5.40 Å². The predicted molar refractivity (Wildman–Crippen MR) is 225 cm³/mol. The average molecular weight is 695 g/mol. The lowest BCUT2D eigenvalue weighted by molar-refractivity contribution is 0.241. The Morgan fingerprint density at radius 3 is 1.92 bits per heavy atom. The van der Waals surface area contributed by atoms with Gasteiger partial charge in [0.2, 0.25) is 0 Å². The van der Waals surface area contributed by atoms with Crippen molar-refractivity contribution >= 4 is 47.2 Å². The first-order valence-corrected chi connectivity index (χ1v) is 18.7. The van der Waals surface area contributed by atoms with Crippen LogP contribution in [0.4, 0.5) is 0 Å². The molecule has 9 aromatic rings. The maximum Gasteiger partial charge on any atom is 0.165 e. The molecule has 0 bridgehead atoms. The minimum absolute atomic E-state index is 0.452. The molecular formula is C46H31B2N3OS. The molecule has 0 amide bonds. The van der Waals surface area contributed by atoms with E-state index in [1.807, 2.05) is 12.1 Å². The van der Waals surface area contributed by atoms with Gasteiger partial charge in [0.1, 0.15) is 5.75 Å². The zero-order valence-corrected chi connectivity index (χ0v) is 30.1. The number of fused-ring (bicyclic) bond motifs is 6. The van der Waals surface area contributed by atoms with Gasteiger partial charge in [0, 0.05) is 42.4 Å². The van der Waals surface area contributed by atoms with Crippen LogP contribution in [0.15, 0.2) is 164 Å². The highest BCUT2D eigenvalue weighted by atomic mass is 32.1. The minimum Gasteiger partial charge on any atom is -0.500 e. The summed E-state index contributed by atoms with van der Waals surface area (Å²) < 4.78 is 8.88. The summed E-state index contributed by atoms with van der Waals surface area (Å²) in [5, 5.41) is 2.01. The summed E-state index contributed by atoms with van der Waals surface area (Å²) >= 11 is 1.78. The summed E-state index contributed by atoms with van der Waals surface area (Å²) in [5.41, 5.74) is 10.9. The van der Waals surface area contributed by atoms with Crippen molar-refractivity contribution in [1.29, 1.82) is 0 Å². The van der Waals surface area contributed by atoms with Gasteiger partial charge in [-0.2, -0.15) is 0 Å². The van der Waals surface area contributed by atoms with Crippen molar-refractivity contribution < 1.29 is 4.74 Å².